The molecule has 0 aliphatic heterocycles. The Bertz CT molecular complexity index is 735. The fraction of sp³-hybridized carbons (Fsp3) is 0.200. The summed E-state index contributed by atoms with van der Waals surface area (Å²) in [6.07, 6.45) is 4.82. The van der Waals surface area contributed by atoms with Gasteiger partial charge in [-0.25, -0.2) is 9.37 Å². The lowest BCUT2D eigenvalue weighted by molar-refractivity contribution is 0.603. The first-order chi connectivity index (χ1) is 10.3. The van der Waals surface area contributed by atoms with Gasteiger partial charge in [-0.3, -0.25) is 4.68 Å². The number of hydrogen-bond acceptors (Lipinski definition) is 4. The van der Waals surface area contributed by atoms with E-state index in [-0.39, 0.29) is 5.82 Å². The molecule has 0 bridgehead atoms. The van der Waals surface area contributed by atoms with E-state index in [0.717, 1.165) is 24.2 Å². The van der Waals surface area contributed by atoms with Crippen molar-refractivity contribution < 1.29 is 4.39 Å². The van der Waals surface area contributed by atoms with Crippen LogP contribution in [0.5, 0.6) is 0 Å². The average Bonchev–Trinajstić information content (AvgIpc) is 3.11. The van der Waals surface area contributed by atoms with Crippen LogP contribution in [-0.2, 0) is 6.54 Å². The summed E-state index contributed by atoms with van der Waals surface area (Å²) in [5, 5.41) is 9.90. The van der Waals surface area contributed by atoms with Gasteiger partial charge in [-0.1, -0.05) is 19.1 Å². The third kappa shape index (κ3) is 3.11. The van der Waals surface area contributed by atoms with Crippen LogP contribution in [0.15, 0.2) is 42.0 Å². The Labute approximate surface area is 126 Å². The zero-order valence-corrected chi connectivity index (χ0v) is 12.4. The molecule has 21 heavy (non-hydrogen) atoms. The highest BCUT2D eigenvalue weighted by molar-refractivity contribution is 7.14. The van der Waals surface area contributed by atoms with E-state index in [4.69, 9.17) is 0 Å². The maximum absolute atomic E-state index is 13.6. The minimum absolute atomic E-state index is 0.287. The van der Waals surface area contributed by atoms with Gasteiger partial charge in [0.25, 0.3) is 0 Å². The minimum Gasteiger partial charge on any atom is -0.329 e. The molecule has 3 rings (SSSR count). The molecule has 108 valence electrons. The van der Waals surface area contributed by atoms with Gasteiger partial charge in [0.2, 0.25) is 0 Å². The predicted molar refractivity (Wildman–Crippen MR) is 83.3 cm³/mol. The van der Waals surface area contributed by atoms with Crippen molar-refractivity contribution >= 4 is 22.2 Å². The topological polar surface area (TPSA) is 42.7 Å². The van der Waals surface area contributed by atoms with E-state index < -0.39 is 0 Å². The molecule has 1 N–H and O–H groups in total. The first-order valence-corrected chi connectivity index (χ1v) is 7.64. The van der Waals surface area contributed by atoms with Crippen LogP contribution < -0.4 is 5.32 Å². The number of anilines is 2. The summed E-state index contributed by atoms with van der Waals surface area (Å²) < 4.78 is 15.5. The molecule has 0 amide bonds. The standard InChI is InChI=1S/C15H15FN4S/c1-2-7-20-9-11(8-17-20)14-10-21-15(19-14)18-13-6-4-3-5-12(13)16/h3-6,8-10H,2,7H2,1H3,(H,18,19). The van der Waals surface area contributed by atoms with E-state index in [0.29, 0.717) is 10.8 Å². The SMILES string of the molecule is CCCn1cc(-c2csc(Nc3ccccc3F)n2)cn1. The Morgan fingerprint density at radius 3 is 3.00 bits per heavy atom. The molecule has 0 radical (unpaired) electrons. The Kier molecular flexibility index (Phi) is 3.96. The second kappa shape index (κ2) is 6.05. The lowest BCUT2D eigenvalue weighted by Gasteiger charge is -2.02. The maximum atomic E-state index is 13.6. The summed E-state index contributed by atoms with van der Waals surface area (Å²) in [5.41, 5.74) is 2.25. The molecule has 2 aromatic heterocycles. The summed E-state index contributed by atoms with van der Waals surface area (Å²) in [7, 11) is 0. The summed E-state index contributed by atoms with van der Waals surface area (Å²) in [6, 6.07) is 6.56. The van der Waals surface area contributed by atoms with Crippen molar-refractivity contribution in [2.24, 2.45) is 0 Å². The first-order valence-electron chi connectivity index (χ1n) is 6.76. The van der Waals surface area contributed by atoms with Crippen LogP contribution in [-0.4, -0.2) is 14.8 Å². The second-order valence-electron chi connectivity index (χ2n) is 4.63. The van der Waals surface area contributed by atoms with Crippen LogP contribution in [0.1, 0.15) is 13.3 Å². The number of halogens is 1. The van der Waals surface area contributed by atoms with Crippen molar-refractivity contribution in [3.8, 4) is 11.3 Å². The number of nitrogens with one attached hydrogen (secondary N) is 1. The van der Waals surface area contributed by atoms with Crippen LogP contribution in [0.3, 0.4) is 0 Å². The number of para-hydroxylation sites is 1. The van der Waals surface area contributed by atoms with E-state index in [1.807, 2.05) is 16.3 Å². The van der Waals surface area contributed by atoms with Gasteiger partial charge in [-0.15, -0.1) is 11.3 Å². The van der Waals surface area contributed by atoms with Crippen molar-refractivity contribution in [2.75, 3.05) is 5.32 Å². The lowest BCUT2D eigenvalue weighted by atomic mass is 10.3. The molecule has 1 aromatic carbocycles. The van der Waals surface area contributed by atoms with E-state index in [9.17, 15) is 4.39 Å². The van der Waals surface area contributed by atoms with Crippen LogP contribution in [0, 0.1) is 5.82 Å². The van der Waals surface area contributed by atoms with E-state index in [2.05, 4.69) is 22.3 Å². The van der Waals surface area contributed by atoms with Crippen LogP contribution >= 0.6 is 11.3 Å². The molecule has 0 atom stereocenters. The van der Waals surface area contributed by atoms with Gasteiger partial charge in [0.15, 0.2) is 5.13 Å². The number of rotatable bonds is 5. The molecular weight excluding hydrogens is 287 g/mol. The van der Waals surface area contributed by atoms with Crippen molar-refractivity contribution in [2.45, 2.75) is 19.9 Å². The molecule has 0 unspecified atom stereocenters. The van der Waals surface area contributed by atoms with Crippen molar-refractivity contribution in [3.05, 3.63) is 47.9 Å². The molecule has 0 fully saturated rings. The molecular formula is C15H15FN4S. The van der Waals surface area contributed by atoms with Gasteiger partial charge in [0.1, 0.15) is 5.82 Å². The largest absolute Gasteiger partial charge is 0.329 e. The minimum atomic E-state index is -0.287. The monoisotopic (exact) mass is 302 g/mol. The Balaban J connectivity index is 1.78. The molecule has 2 heterocycles. The molecule has 0 saturated heterocycles. The van der Waals surface area contributed by atoms with Gasteiger partial charge in [0, 0.05) is 23.7 Å². The lowest BCUT2D eigenvalue weighted by Crippen LogP contribution is -1.95. The van der Waals surface area contributed by atoms with E-state index in [1.54, 1.807) is 24.4 Å². The normalized spacial score (nSPS) is 10.8. The number of aryl methyl sites for hydroxylation is 1. The third-order valence-corrected chi connectivity index (χ3v) is 3.76. The fourth-order valence-electron chi connectivity index (χ4n) is 1.99. The van der Waals surface area contributed by atoms with Crippen molar-refractivity contribution in [3.63, 3.8) is 0 Å². The van der Waals surface area contributed by atoms with E-state index >= 15 is 0 Å². The van der Waals surface area contributed by atoms with Crippen LogP contribution in [0.4, 0.5) is 15.2 Å². The Hall–Kier alpha value is -2.21. The molecule has 0 aliphatic carbocycles. The summed E-state index contributed by atoms with van der Waals surface area (Å²) >= 11 is 1.44. The zero-order valence-electron chi connectivity index (χ0n) is 11.6. The number of benzene rings is 1. The fourth-order valence-corrected chi connectivity index (χ4v) is 2.72. The Morgan fingerprint density at radius 2 is 2.19 bits per heavy atom. The number of thiazole rings is 1. The number of aromatic nitrogens is 3. The van der Waals surface area contributed by atoms with Crippen LogP contribution in [0.25, 0.3) is 11.3 Å². The van der Waals surface area contributed by atoms with Gasteiger partial charge < -0.3 is 5.32 Å². The summed E-state index contributed by atoms with van der Waals surface area (Å²) in [4.78, 5) is 4.48. The first kappa shape index (κ1) is 13.8. The molecule has 0 saturated carbocycles. The van der Waals surface area contributed by atoms with Gasteiger partial charge >= 0.3 is 0 Å². The van der Waals surface area contributed by atoms with Gasteiger partial charge in [-0.2, -0.15) is 5.10 Å². The smallest absolute Gasteiger partial charge is 0.187 e. The van der Waals surface area contributed by atoms with Crippen molar-refractivity contribution in [1.82, 2.24) is 14.8 Å². The highest BCUT2D eigenvalue weighted by Crippen LogP contribution is 2.27. The summed E-state index contributed by atoms with van der Waals surface area (Å²) in [6.45, 7) is 3.01. The van der Waals surface area contributed by atoms with Gasteiger partial charge in [0.05, 0.1) is 17.6 Å². The van der Waals surface area contributed by atoms with Crippen molar-refractivity contribution in [1.29, 1.82) is 0 Å². The quantitative estimate of drug-likeness (QED) is 0.764. The molecule has 0 spiro atoms. The predicted octanol–water partition coefficient (Wildman–Crippen LogP) is 4.30. The molecule has 4 nitrogen and oxygen atoms in total. The summed E-state index contributed by atoms with van der Waals surface area (Å²) in [5.74, 6) is -0.287. The maximum Gasteiger partial charge on any atom is 0.187 e. The van der Waals surface area contributed by atoms with Gasteiger partial charge in [-0.05, 0) is 18.6 Å². The highest BCUT2D eigenvalue weighted by atomic mass is 32.1. The van der Waals surface area contributed by atoms with Crippen LogP contribution in [0.2, 0.25) is 0 Å². The number of nitrogens with zero attached hydrogens (tertiary/aromatic N) is 3. The number of hydrogen-bond donors (Lipinski definition) is 1. The molecule has 0 aliphatic rings. The third-order valence-electron chi connectivity index (χ3n) is 3.00. The second-order valence-corrected chi connectivity index (χ2v) is 5.49. The average molecular weight is 302 g/mol. The zero-order chi connectivity index (χ0) is 14.7. The van der Waals surface area contributed by atoms with E-state index in [1.165, 1.54) is 17.4 Å². The molecule has 3 aromatic rings. The Morgan fingerprint density at radius 1 is 1.33 bits per heavy atom. The highest BCUT2D eigenvalue weighted by Gasteiger charge is 2.08. The molecule has 6 heteroatoms.